The molecule has 1 N–H and O–H groups in total. The van der Waals surface area contributed by atoms with Gasteiger partial charge in [-0.2, -0.15) is 0 Å². The van der Waals surface area contributed by atoms with Crippen molar-refractivity contribution in [2.24, 2.45) is 0 Å². The van der Waals surface area contributed by atoms with Gasteiger partial charge in [-0.25, -0.2) is 9.59 Å². The zero-order chi connectivity index (χ0) is 24.8. The molecule has 0 spiro atoms. The number of rotatable bonds is 7. The van der Waals surface area contributed by atoms with Crippen LogP contribution >= 0.6 is 11.6 Å². The number of ether oxygens (including phenoxy) is 2. The minimum atomic E-state index is -0.667. The number of halogens is 1. The molecule has 0 fully saturated rings. The molecule has 35 heavy (non-hydrogen) atoms. The first kappa shape index (κ1) is 24.3. The highest BCUT2D eigenvalue weighted by molar-refractivity contribution is 6.30. The molecule has 1 aliphatic rings. The van der Waals surface area contributed by atoms with Crippen LogP contribution in [-0.2, 0) is 32.3 Å². The van der Waals surface area contributed by atoms with E-state index in [2.05, 4.69) is 5.32 Å². The lowest BCUT2D eigenvalue weighted by atomic mass is 9.80. The van der Waals surface area contributed by atoms with Crippen molar-refractivity contribution in [3.05, 3.63) is 129 Å². The van der Waals surface area contributed by atoms with E-state index in [4.69, 9.17) is 21.1 Å². The highest BCUT2D eigenvalue weighted by Crippen LogP contribution is 2.39. The maximum Gasteiger partial charge on any atom is 0.337 e. The van der Waals surface area contributed by atoms with Crippen molar-refractivity contribution in [1.29, 1.82) is 0 Å². The molecule has 0 aromatic heterocycles. The van der Waals surface area contributed by atoms with Crippen LogP contribution in [0.2, 0.25) is 5.02 Å². The summed E-state index contributed by atoms with van der Waals surface area (Å²) in [5.74, 6) is -1.67. The van der Waals surface area contributed by atoms with Gasteiger partial charge in [-0.15, -0.1) is 0 Å². The van der Waals surface area contributed by atoms with Gasteiger partial charge in [0.1, 0.15) is 13.2 Å². The Bertz CT molecular complexity index is 1190. The molecule has 0 unspecified atom stereocenters. The number of carbonyl (C=O) groups excluding carboxylic acids is 2. The molecule has 3 aromatic carbocycles. The fraction of sp³-hybridized carbons (Fsp3) is 0.172. The van der Waals surface area contributed by atoms with Crippen LogP contribution < -0.4 is 5.32 Å². The smallest absolute Gasteiger partial charge is 0.337 e. The van der Waals surface area contributed by atoms with E-state index >= 15 is 0 Å². The first-order valence-electron chi connectivity index (χ1n) is 11.3. The first-order valence-corrected chi connectivity index (χ1v) is 11.7. The van der Waals surface area contributed by atoms with Gasteiger partial charge >= 0.3 is 11.9 Å². The molecule has 0 saturated heterocycles. The molecule has 0 atom stereocenters. The van der Waals surface area contributed by atoms with E-state index in [1.165, 1.54) is 0 Å². The molecule has 1 heterocycles. The third-order valence-corrected chi connectivity index (χ3v) is 6.08. The predicted molar refractivity (Wildman–Crippen MR) is 135 cm³/mol. The molecular formula is C29H26ClNO4. The van der Waals surface area contributed by atoms with Crippen LogP contribution in [0.1, 0.15) is 36.5 Å². The highest BCUT2D eigenvalue weighted by atomic mass is 35.5. The summed E-state index contributed by atoms with van der Waals surface area (Å²) in [7, 11) is 0. The van der Waals surface area contributed by atoms with Crippen molar-refractivity contribution >= 4 is 23.5 Å². The van der Waals surface area contributed by atoms with E-state index in [1.807, 2.05) is 72.8 Å². The van der Waals surface area contributed by atoms with Crippen LogP contribution in [0.3, 0.4) is 0 Å². The van der Waals surface area contributed by atoms with Gasteiger partial charge in [0.25, 0.3) is 0 Å². The third kappa shape index (κ3) is 5.81. The fourth-order valence-electron chi connectivity index (χ4n) is 4.13. The predicted octanol–water partition coefficient (Wildman–Crippen LogP) is 6.06. The molecule has 5 nitrogen and oxygen atoms in total. The van der Waals surface area contributed by atoms with Crippen LogP contribution in [0, 0.1) is 0 Å². The molecule has 4 rings (SSSR count). The Labute approximate surface area is 210 Å². The standard InChI is InChI=1S/C29H26ClNO4/c1-19-25(28(32)34-17-21-9-5-3-6-10-21)27(23-13-15-24(30)16-14-23)26(20(2)31-19)29(33)35-18-22-11-7-4-8-12-22/h3-16,27,31H,17-18H2,1-2H3. The van der Waals surface area contributed by atoms with Crippen molar-refractivity contribution in [2.45, 2.75) is 33.0 Å². The summed E-state index contributed by atoms with van der Waals surface area (Å²) >= 11 is 6.12. The summed E-state index contributed by atoms with van der Waals surface area (Å²) in [6, 6.07) is 26.0. The summed E-state index contributed by atoms with van der Waals surface area (Å²) in [4.78, 5) is 26.7. The number of dihydropyridines is 1. The molecular weight excluding hydrogens is 462 g/mol. The Hall–Kier alpha value is -3.83. The Morgan fingerprint density at radius 1 is 0.714 bits per heavy atom. The van der Waals surface area contributed by atoms with Crippen molar-refractivity contribution in [2.75, 3.05) is 0 Å². The molecule has 6 heteroatoms. The van der Waals surface area contributed by atoms with Gasteiger partial charge in [-0.05, 0) is 42.7 Å². The summed E-state index contributed by atoms with van der Waals surface area (Å²) < 4.78 is 11.3. The summed E-state index contributed by atoms with van der Waals surface area (Å²) in [6.07, 6.45) is 0. The monoisotopic (exact) mass is 487 g/mol. The molecule has 0 amide bonds. The molecule has 0 radical (unpaired) electrons. The summed E-state index contributed by atoms with van der Waals surface area (Å²) in [5, 5.41) is 3.74. The Morgan fingerprint density at radius 2 is 1.14 bits per heavy atom. The maximum absolute atomic E-state index is 13.4. The number of hydrogen-bond donors (Lipinski definition) is 1. The molecule has 178 valence electrons. The average molecular weight is 488 g/mol. The van der Waals surface area contributed by atoms with E-state index < -0.39 is 17.9 Å². The number of hydrogen-bond acceptors (Lipinski definition) is 5. The highest BCUT2D eigenvalue weighted by Gasteiger charge is 2.38. The van der Waals surface area contributed by atoms with Gasteiger partial charge < -0.3 is 14.8 Å². The number of esters is 2. The van der Waals surface area contributed by atoms with Crippen molar-refractivity contribution in [3.63, 3.8) is 0 Å². The zero-order valence-electron chi connectivity index (χ0n) is 19.6. The average Bonchev–Trinajstić information content (AvgIpc) is 2.87. The lowest BCUT2D eigenvalue weighted by molar-refractivity contribution is -0.141. The van der Waals surface area contributed by atoms with Crippen LogP contribution in [0.15, 0.2) is 107 Å². The fourth-order valence-corrected chi connectivity index (χ4v) is 4.25. The molecule has 0 saturated carbocycles. The quantitative estimate of drug-likeness (QED) is 0.410. The Kier molecular flexibility index (Phi) is 7.68. The van der Waals surface area contributed by atoms with Crippen molar-refractivity contribution in [3.8, 4) is 0 Å². The van der Waals surface area contributed by atoms with E-state index in [9.17, 15) is 9.59 Å². The van der Waals surface area contributed by atoms with Crippen LogP contribution in [0.5, 0.6) is 0 Å². The van der Waals surface area contributed by atoms with Crippen LogP contribution in [-0.4, -0.2) is 11.9 Å². The van der Waals surface area contributed by atoms with E-state index in [1.54, 1.807) is 26.0 Å². The van der Waals surface area contributed by atoms with E-state index in [-0.39, 0.29) is 13.2 Å². The second-order valence-electron chi connectivity index (χ2n) is 8.31. The Morgan fingerprint density at radius 3 is 1.57 bits per heavy atom. The van der Waals surface area contributed by atoms with Gasteiger partial charge in [0.15, 0.2) is 0 Å². The topological polar surface area (TPSA) is 64.6 Å². The SMILES string of the molecule is CC1=C(C(=O)OCc2ccccc2)C(c2ccc(Cl)cc2)C(C(=O)OCc2ccccc2)=C(C)N1. The van der Waals surface area contributed by atoms with Gasteiger partial charge in [0, 0.05) is 16.4 Å². The normalized spacial score (nSPS) is 13.9. The summed E-state index contributed by atoms with van der Waals surface area (Å²) in [5.41, 5.74) is 4.47. The summed E-state index contributed by atoms with van der Waals surface area (Å²) in [6.45, 7) is 3.86. The second kappa shape index (κ2) is 11.1. The minimum absolute atomic E-state index is 0.125. The molecule has 1 aliphatic heterocycles. The number of nitrogens with one attached hydrogen (secondary N) is 1. The molecule has 0 aliphatic carbocycles. The lowest BCUT2D eigenvalue weighted by Crippen LogP contribution is -2.32. The number of benzene rings is 3. The number of carbonyl (C=O) groups is 2. The Balaban J connectivity index is 1.65. The lowest BCUT2D eigenvalue weighted by Gasteiger charge is -2.30. The first-order chi connectivity index (χ1) is 16.9. The molecule has 0 bridgehead atoms. The zero-order valence-corrected chi connectivity index (χ0v) is 20.3. The van der Waals surface area contributed by atoms with Gasteiger partial charge in [-0.1, -0.05) is 84.4 Å². The van der Waals surface area contributed by atoms with Crippen LogP contribution in [0.25, 0.3) is 0 Å². The van der Waals surface area contributed by atoms with E-state index in [0.29, 0.717) is 27.6 Å². The van der Waals surface area contributed by atoms with Gasteiger partial charge in [-0.3, -0.25) is 0 Å². The third-order valence-electron chi connectivity index (χ3n) is 5.83. The van der Waals surface area contributed by atoms with E-state index in [0.717, 1.165) is 16.7 Å². The molecule has 3 aromatic rings. The number of allylic oxidation sites excluding steroid dienone is 2. The maximum atomic E-state index is 13.4. The van der Waals surface area contributed by atoms with Gasteiger partial charge in [0.2, 0.25) is 0 Å². The van der Waals surface area contributed by atoms with Crippen molar-refractivity contribution < 1.29 is 19.1 Å². The minimum Gasteiger partial charge on any atom is -0.457 e. The van der Waals surface area contributed by atoms with Crippen molar-refractivity contribution in [1.82, 2.24) is 5.32 Å². The largest absolute Gasteiger partial charge is 0.457 e. The van der Waals surface area contributed by atoms with Gasteiger partial charge in [0.05, 0.1) is 17.1 Å². The van der Waals surface area contributed by atoms with Crippen LogP contribution in [0.4, 0.5) is 0 Å². The second-order valence-corrected chi connectivity index (χ2v) is 8.75.